The summed E-state index contributed by atoms with van der Waals surface area (Å²) >= 11 is 0. The molecule has 0 amide bonds. The lowest BCUT2D eigenvalue weighted by Gasteiger charge is -2.16. The molecule has 41 heavy (non-hydrogen) atoms. The molecular formula is C28H54N2O11. The van der Waals surface area contributed by atoms with Gasteiger partial charge in [0.25, 0.3) is 0 Å². The summed E-state index contributed by atoms with van der Waals surface area (Å²) in [6, 6.07) is 0. The van der Waals surface area contributed by atoms with Gasteiger partial charge in [0.1, 0.15) is 5.78 Å². The molecule has 0 aliphatic carbocycles. The second-order valence-corrected chi connectivity index (χ2v) is 10.0. The zero-order valence-electron chi connectivity index (χ0n) is 25.9. The highest BCUT2D eigenvalue weighted by Gasteiger charge is 2.20. The van der Waals surface area contributed by atoms with E-state index < -0.39 is 5.97 Å². The lowest BCUT2D eigenvalue weighted by molar-refractivity contribution is -0.142. The highest BCUT2D eigenvalue weighted by molar-refractivity contribution is 5.83. The van der Waals surface area contributed by atoms with Gasteiger partial charge in [-0.15, -0.1) is 0 Å². The average Bonchev–Trinajstić information content (AvgIpc) is 2.92. The zero-order chi connectivity index (χ0) is 30.4. The van der Waals surface area contributed by atoms with Crippen molar-refractivity contribution < 1.29 is 52.3 Å². The van der Waals surface area contributed by atoms with Gasteiger partial charge in [0, 0.05) is 18.4 Å². The smallest absolute Gasteiger partial charge is 0.348 e. The van der Waals surface area contributed by atoms with Crippen LogP contribution in [0.3, 0.4) is 0 Å². The first-order valence-corrected chi connectivity index (χ1v) is 14.3. The Labute approximate surface area is 245 Å². The summed E-state index contributed by atoms with van der Waals surface area (Å²) in [6.45, 7) is 17.5. The summed E-state index contributed by atoms with van der Waals surface area (Å²) in [4.78, 5) is 27.7. The van der Waals surface area contributed by atoms with Gasteiger partial charge in [0.05, 0.1) is 118 Å². The normalized spacial score (nSPS) is 11.5. The number of oxime groups is 1. The Morgan fingerprint density at radius 1 is 0.561 bits per heavy atom. The second kappa shape index (κ2) is 28.6. The highest BCUT2D eigenvalue weighted by Crippen LogP contribution is 2.16. The van der Waals surface area contributed by atoms with Crippen LogP contribution in [0.5, 0.6) is 0 Å². The van der Waals surface area contributed by atoms with E-state index in [1.54, 1.807) is 13.8 Å². The number of nitrogens with one attached hydrogen (secondary N) is 1. The van der Waals surface area contributed by atoms with Gasteiger partial charge in [-0.25, -0.2) is 4.79 Å². The quantitative estimate of drug-likeness (QED) is 0.0559. The van der Waals surface area contributed by atoms with Crippen LogP contribution in [-0.2, 0) is 52.3 Å². The highest BCUT2D eigenvalue weighted by atomic mass is 16.7. The lowest BCUT2D eigenvalue weighted by Crippen LogP contribution is -2.27. The molecule has 0 unspecified atom stereocenters. The predicted molar refractivity (Wildman–Crippen MR) is 153 cm³/mol. The van der Waals surface area contributed by atoms with Crippen LogP contribution in [0.25, 0.3) is 0 Å². The van der Waals surface area contributed by atoms with Crippen molar-refractivity contribution in [3.8, 4) is 0 Å². The van der Waals surface area contributed by atoms with Crippen molar-refractivity contribution in [2.24, 2.45) is 10.6 Å². The maximum absolute atomic E-state index is 11.8. The Hall–Kier alpha value is -1.55. The van der Waals surface area contributed by atoms with Crippen molar-refractivity contribution in [2.45, 2.75) is 41.0 Å². The van der Waals surface area contributed by atoms with Gasteiger partial charge in [0.2, 0.25) is 0 Å². The van der Waals surface area contributed by atoms with E-state index in [4.69, 9.17) is 37.9 Å². The van der Waals surface area contributed by atoms with Crippen molar-refractivity contribution >= 4 is 17.5 Å². The predicted octanol–water partition coefficient (Wildman–Crippen LogP) is 1.65. The molecule has 0 aliphatic rings. The van der Waals surface area contributed by atoms with Crippen molar-refractivity contribution in [2.75, 3.05) is 119 Å². The number of Topliss-reactive ketones (excluding diaryl/α,β-unsaturated/α-hetero) is 1. The summed E-state index contributed by atoms with van der Waals surface area (Å²) in [7, 11) is 0. The van der Waals surface area contributed by atoms with E-state index in [1.165, 1.54) is 0 Å². The van der Waals surface area contributed by atoms with E-state index >= 15 is 0 Å². The van der Waals surface area contributed by atoms with E-state index in [9.17, 15) is 9.59 Å². The SMILES string of the molecule is CC(C)=NOC(=O)CNCCOCCOCCOCCOCCOCCOCCOCCOCCC(=O)C(C)(C)C. The van der Waals surface area contributed by atoms with Gasteiger partial charge in [-0.05, 0) is 13.8 Å². The van der Waals surface area contributed by atoms with Gasteiger partial charge in [-0.2, -0.15) is 0 Å². The van der Waals surface area contributed by atoms with Crippen molar-refractivity contribution in [3.05, 3.63) is 0 Å². The molecule has 0 radical (unpaired) electrons. The minimum absolute atomic E-state index is 0.0826. The van der Waals surface area contributed by atoms with Crippen LogP contribution in [-0.4, -0.2) is 136 Å². The molecule has 0 aromatic rings. The summed E-state index contributed by atoms with van der Waals surface area (Å²) in [5.41, 5.74) is 0.367. The molecule has 0 saturated heterocycles. The summed E-state index contributed by atoms with van der Waals surface area (Å²) in [6.07, 6.45) is 0.429. The van der Waals surface area contributed by atoms with Gasteiger partial charge in [-0.3, -0.25) is 4.79 Å². The van der Waals surface area contributed by atoms with E-state index in [1.807, 2.05) is 20.8 Å². The Kier molecular flexibility index (Phi) is 27.5. The van der Waals surface area contributed by atoms with Crippen LogP contribution in [0.4, 0.5) is 0 Å². The molecule has 0 bridgehead atoms. The van der Waals surface area contributed by atoms with E-state index in [-0.39, 0.29) is 17.7 Å². The monoisotopic (exact) mass is 594 g/mol. The van der Waals surface area contributed by atoms with Gasteiger partial charge < -0.3 is 48.0 Å². The molecule has 0 fully saturated rings. The number of hydrogen-bond donors (Lipinski definition) is 1. The second-order valence-electron chi connectivity index (χ2n) is 10.0. The van der Waals surface area contributed by atoms with E-state index in [2.05, 4.69) is 15.3 Å². The number of ketones is 1. The molecule has 0 saturated carbocycles. The van der Waals surface area contributed by atoms with Crippen LogP contribution in [0.15, 0.2) is 5.16 Å². The number of carbonyl (C=O) groups excluding carboxylic acids is 2. The first-order valence-electron chi connectivity index (χ1n) is 14.3. The number of ether oxygens (including phenoxy) is 8. The summed E-state index contributed by atoms with van der Waals surface area (Å²) < 4.78 is 43.5. The van der Waals surface area contributed by atoms with Crippen LogP contribution in [0.1, 0.15) is 41.0 Å². The Balaban J connectivity index is 3.15. The number of rotatable bonds is 30. The van der Waals surface area contributed by atoms with Gasteiger partial charge in [-0.1, -0.05) is 25.9 Å². The molecule has 0 aromatic carbocycles. The fraction of sp³-hybridized carbons (Fsp3) is 0.893. The number of carbonyl (C=O) groups is 2. The van der Waals surface area contributed by atoms with Crippen LogP contribution in [0, 0.1) is 5.41 Å². The van der Waals surface area contributed by atoms with Crippen LogP contribution < -0.4 is 5.32 Å². The topological polar surface area (TPSA) is 142 Å². The van der Waals surface area contributed by atoms with Crippen LogP contribution in [0.2, 0.25) is 0 Å². The molecular weight excluding hydrogens is 540 g/mol. The number of hydrogen-bond acceptors (Lipinski definition) is 13. The standard InChI is InChI=1S/C28H54N2O11/c1-25(2)30-41-27(32)24-29-7-9-34-11-13-36-15-17-38-19-21-40-23-22-39-20-18-37-16-14-35-12-10-33-8-6-26(31)28(3,4)5/h29H,6-24H2,1-5H3. The Bertz CT molecular complexity index is 653. The molecule has 13 heteroatoms. The lowest BCUT2D eigenvalue weighted by atomic mass is 9.89. The molecule has 0 aliphatic heterocycles. The largest absolute Gasteiger partial charge is 0.379 e. The molecule has 0 atom stereocenters. The fourth-order valence-electron chi connectivity index (χ4n) is 2.69. The molecule has 13 nitrogen and oxygen atoms in total. The first-order chi connectivity index (χ1) is 19.7. The van der Waals surface area contributed by atoms with E-state index in [0.717, 1.165) is 0 Å². The third-order valence-corrected chi connectivity index (χ3v) is 4.94. The van der Waals surface area contributed by atoms with E-state index in [0.29, 0.717) is 124 Å². The molecule has 0 rings (SSSR count). The summed E-state index contributed by atoms with van der Waals surface area (Å²) in [5, 5.41) is 6.50. The maximum atomic E-state index is 11.8. The molecule has 0 heterocycles. The maximum Gasteiger partial charge on any atom is 0.348 e. The van der Waals surface area contributed by atoms with Crippen molar-refractivity contribution in [3.63, 3.8) is 0 Å². The Morgan fingerprint density at radius 3 is 1.24 bits per heavy atom. The van der Waals surface area contributed by atoms with Crippen molar-refractivity contribution in [1.82, 2.24) is 5.32 Å². The molecule has 0 spiro atoms. The third-order valence-electron chi connectivity index (χ3n) is 4.94. The van der Waals surface area contributed by atoms with Gasteiger partial charge >= 0.3 is 5.97 Å². The number of nitrogens with zero attached hydrogens (tertiary/aromatic N) is 1. The van der Waals surface area contributed by atoms with Crippen LogP contribution >= 0.6 is 0 Å². The first kappa shape index (κ1) is 39.5. The molecule has 242 valence electrons. The molecule has 0 aromatic heterocycles. The third kappa shape index (κ3) is 31.2. The minimum atomic E-state index is -0.435. The van der Waals surface area contributed by atoms with Crippen molar-refractivity contribution in [1.29, 1.82) is 0 Å². The summed E-state index contributed by atoms with van der Waals surface area (Å²) in [5.74, 6) is -0.236. The van der Waals surface area contributed by atoms with Gasteiger partial charge in [0.15, 0.2) is 0 Å². The molecule has 1 N–H and O–H groups in total. The average molecular weight is 595 g/mol. The fourth-order valence-corrected chi connectivity index (χ4v) is 2.69. The zero-order valence-corrected chi connectivity index (χ0v) is 25.9. The minimum Gasteiger partial charge on any atom is -0.379 e. The Morgan fingerprint density at radius 2 is 0.902 bits per heavy atom.